The third kappa shape index (κ3) is 1.48. The van der Waals surface area contributed by atoms with Crippen molar-refractivity contribution in [3.63, 3.8) is 0 Å². The fraction of sp³-hybridized carbons (Fsp3) is 1.00. The van der Waals surface area contributed by atoms with E-state index in [2.05, 4.69) is 6.92 Å². The number of hydrogen-bond acceptors (Lipinski definition) is 1. The molecule has 0 spiro atoms. The maximum Gasteiger partial charge on any atom is 0.0547 e. The van der Waals surface area contributed by atoms with Gasteiger partial charge in [0.1, 0.15) is 0 Å². The van der Waals surface area contributed by atoms with Crippen molar-refractivity contribution < 1.29 is 4.74 Å². The Kier molecular flexibility index (Phi) is 1.69. The van der Waals surface area contributed by atoms with Crippen LogP contribution in [-0.4, -0.2) is 12.7 Å². The molecule has 1 fully saturated rings. The summed E-state index contributed by atoms with van der Waals surface area (Å²) in [4.78, 5) is 0. The SMILES string of the molecule is CC1CCCCO1. The fourth-order valence-corrected chi connectivity index (χ4v) is 0.902. The minimum atomic E-state index is 0.536. The highest BCUT2D eigenvalue weighted by atomic mass is 16.5. The van der Waals surface area contributed by atoms with Gasteiger partial charge >= 0.3 is 0 Å². The van der Waals surface area contributed by atoms with Crippen LogP contribution in [0.5, 0.6) is 0 Å². The van der Waals surface area contributed by atoms with E-state index in [1.165, 1.54) is 19.3 Å². The lowest BCUT2D eigenvalue weighted by Crippen LogP contribution is -2.14. The molecule has 1 rings (SSSR count). The van der Waals surface area contributed by atoms with Crippen LogP contribution in [0.15, 0.2) is 0 Å². The average molecular weight is 100 g/mol. The Labute approximate surface area is 44.7 Å². The monoisotopic (exact) mass is 100 g/mol. The van der Waals surface area contributed by atoms with Crippen LogP contribution in [-0.2, 0) is 4.74 Å². The summed E-state index contributed by atoms with van der Waals surface area (Å²) in [6.45, 7) is 3.13. The number of rotatable bonds is 0. The molecule has 0 N–H and O–H groups in total. The Hall–Kier alpha value is -0.0400. The largest absolute Gasteiger partial charge is 0.379 e. The zero-order valence-corrected chi connectivity index (χ0v) is 4.81. The lowest BCUT2D eigenvalue weighted by molar-refractivity contribution is 0.0285. The van der Waals surface area contributed by atoms with Gasteiger partial charge in [-0.05, 0) is 26.2 Å². The van der Waals surface area contributed by atoms with Crippen LogP contribution in [0.4, 0.5) is 0 Å². The van der Waals surface area contributed by atoms with Gasteiger partial charge < -0.3 is 4.74 Å². The Morgan fingerprint density at radius 1 is 1.43 bits per heavy atom. The first-order valence-electron chi connectivity index (χ1n) is 3.01. The summed E-state index contributed by atoms with van der Waals surface area (Å²) < 4.78 is 5.28. The Balaban J connectivity index is 2.12. The molecule has 42 valence electrons. The third-order valence-electron chi connectivity index (χ3n) is 1.41. The summed E-state index contributed by atoms with van der Waals surface area (Å²) in [5.41, 5.74) is 0. The van der Waals surface area contributed by atoms with E-state index in [1.807, 2.05) is 0 Å². The molecule has 1 nitrogen and oxygen atoms in total. The standard InChI is InChI=1S/C6H12O/c1-6-4-2-3-5-7-6/h6H,2-5H2,1H3. The third-order valence-corrected chi connectivity index (χ3v) is 1.41. The molecule has 0 amide bonds. The van der Waals surface area contributed by atoms with Gasteiger partial charge in [0.2, 0.25) is 0 Å². The number of hydrogen-bond donors (Lipinski definition) is 0. The molecule has 0 aromatic rings. The molecule has 0 aromatic carbocycles. The highest BCUT2D eigenvalue weighted by molar-refractivity contribution is 4.55. The van der Waals surface area contributed by atoms with Crippen molar-refractivity contribution in [3.05, 3.63) is 0 Å². The Morgan fingerprint density at radius 2 is 2.29 bits per heavy atom. The van der Waals surface area contributed by atoms with Crippen LogP contribution < -0.4 is 0 Å². The summed E-state index contributed by atoms with van der Waals surface area (Å²) in [5.74, 6) is 0. The summed E-state index contributed by atoms with van der Waals surface area (Å²) in [6.07, 6.45) is 4.43. The van der Waals surface area contributed by atoms with Gasteiger partial charge in [0.25, 0.3) is 0 Å². The maximum atomic E-state index is 5.28. The van der Waals surface area contributed by atoms with E-state index in [4.69, 9.17) is 4.74 Å². The van der Waals surface area contributed by atoms with Gasteiger partial charge in [-0.2, -0.15) is 0 Å². The van der Waals surface area contributed by atoms with Crippen molar-refractivity contribution in [2.45, 2.75) is 32.3 Å². The maximum absolute atomic E-state index is 5.28. The molecular formula is C6H12O. The minimum absolute atomic E-state index is 0.536. The molecule has 1 aliphatic heterocycles. The molecule has 1 atom stereocenters. The van der Waals surface area contributed by atoms with Crippen molar-refractivity contribution in [1.82, 2.24) is 0 Å². The molecule has 0 aromatic heterocycles. The van der Waals surface area contributed by atoms with Crippen LogP contribution in [0, 0.1) is 0 Å². The van der Waals surface area contributed by atoms with Gasteiger partial charge in [-0.15, -0.1) is 0 Å². The highest BCUT2D eigenvalue weighted by Gasteiger charge is 2.05. The van der Waals surface area contributed by atoms with Gasteiger partial charge in [-0.1, -0.05) is 0 Å². The van der Waals surface area contributed by atoms with Crippen molar-refractivity contribution in [1.29, 1.82) is 0 Å². The van der Waals surface area contributed by atoms with Crippen LogP contribution in [0.3, 0.4) is 0 Å². The van der Waals surface area contributed by atoms with Crippen molar-refractivity contribution in [3.8, 4) is 0 Å². The molecule has 0 aliphatic carbocycles. The van der Waals surface area contributed by atoms with Gasteiger partial charge in [0.05, 0.1) is 6.10 Å². The van der Waals surface area contributed by atoms with Crippen molar-refractivity contribution >= 4 is 0 Å². The molecule has 1 saturated heterocycles. The molecule has 1 heterocycles. The zero-order chi connectivity index (χ0) is 5.11. The number of ether oxygens (including phenoxy) is 1. The first kappa shape index (κ1) is 5.10. The predicted octanol–water partition coefficient (Wildman–Crippen LogP) is 1.58. The molecule has 0 saturated carbocycles. The molecular weight excluding hydrogens is 88.1 g/mol. The topological polar surface area (TPSA) is 9.23 Å². The van der Waals surface area contributed by atoms with E-state index in [-0.39, 0.29) is 0 Å². The quantitative estimate of drug-likeness (QED) is 0.449. The van der Waals surface area contributed by atoms with Crippen molar-refractivity contribution in [2.24, 2.45) is 0 Å². The second-order valence-corrected chi connectivity index (χ2v) is 2.18. The van der Waals surface area contributed by atoms with Crippen LogP contribution in [0.25, 0.3) is 0 Å². The van der Waals surface area contributed by atoms with Crippen LogP contribution in [0.1, 0.15) is 26.2 Å². The second kappa shape index (κ2) is 2.31. The van der Waals surface area contributed by atoms with E-state index in [9.17, 15) is 0 Å². The molecule has 1 heteroatoms. The zero-order valence-electron chi connectivity index (χ0n) is 4.81. The summed E-state index contributed by atoms with van der Waals surface area (Å²) in [7, 11) is 0. The molecule has 7 heavy (non-hydrogen) atoms. The normalized spacial score (nSPS) is 33.0. The highest BCUT2D eigenvalue weighted by Crippen LogP contribution is 2.10. The molecule has 1 unspecified atom stereocenters. The first-order chi connectivity index (χ1) is 3.39. The second-order valence-electron chi connectivity index (χ2n) is 2.18. The van der Waals surface area contributed by atoms with E-state index in [1.54, 1.807) is 0 Å². The van der Waals surface area contributed by atoms with E-state index >= 15 is 0 Å². The van der Waals surface area contributed by atoms with Crippen LogP contribution >= 0.6 is 0 Å². The minimum Gasteiger partial charge on any atom is -0.379 e. The van der Waals surface area contributed by atoms with Gasteiger partial charge in [-0.3, -0.25) is 0 Å². The summed E-state index contributed by atoms with van der Waals surface area (Å²) in [5, 5.41) is 0. The van der Waals surface area contributed by atoms with Gasteiger partial charge in [0.15, 0.2) is 0 Å². The van der Waals surface area contributed by atoms with E-state index in [0.717, 1.165) is 6.61 Å². The van der Waals surface area contributed by atoms with Crippen molar-refractivity contribution in [2.75, 3.05) is 6.61 Å². The lowest BCUT2D eigenvalue weighted by Gasteiger charge is -2.17. The molecule has 0 bridgehead atoms. The molecule has 1 aliphatic rings. The fourth-order valence-electron chi connectivity index (χ4n) is 0.902. The predicted molar refractivity (Wildman–Crippen MR) is 29.3 cm³/mol. The van der Waals surface area contributed by atoms with Crippen LogP contribution in [0.2, 0.25) is 0 Å². The lowest BCUT2D eigenvalue weighted by atomic mass is 10.1. The average Bonchev–Trinajstić information content (AvgIpc) is 1.69. The summed E-state index contributed by atoms with van der Waals surface area (Å²) in [6, 6.07) is 0. The van der Waals surface area contributed by atoms with Gasteiger partial charge in [-0.25, -0.2) is 0 Å². The summed E-state index contributed by atoms with van der Waals surface area (Å²) >= 11 is 0. The van der Waals surface area contributed by atoms with E-state index < -0.39 is 0 Å². The smallest absolute Gasteiger partial charge is 0.0547 e. The Bertz CT molecular complexity index is 46.1. The Morgan fingerprint density at radius 3 is 2.57 bits per heavy atom. The molecule has 0 radical (unpaired) electrons. The first-order valence-corrected chi connectivity index (χ1v) is 3.01. The van der Waals surface area contributed by atoms with Gasteiger partial charge in [0, 0.05) is 6.61 Å². The van der Waals surface area contributed by atoms with E-state index in [0.29, 0.717) is 6.10 Å².